The Bertz CT molecular complexity index is 1090. The molecule has 1 atom stereocenters. The van der Waals surface area contributed by atoms with Crippen LogP contribution in [0.2, 0.25) is 10.0 Å². The zero-order chi connectivity index (χ0) is 17.7. The van der Waals surface area contributed by atoms with Gasteiger partial charge >= 0.3 is 0 Å². The third-order valence-corrected chi connectivity index (χ3v) is 5.08. The summed E-state index contributed by atoms with van der Waals surface area (Å²) in [7, 11) is 1.68. The second-order valence-electron chi connectivity index (χ2n) is 5.73. The van der Waals surface area contributed by atoms with Crippen LogP contribution in [0.25, 0.3) is 10.9 Å². The van der Waals surface area contributed by atoms with Gasteiger partial charge in [-0.1, -0.05) is 46.6 Å². The number of rotatable bonds is 1. The number of ether oxygens (including phenoxy) is 1. The second-order valence-corrected chi connectivity index (χ2v) is 6.55. The summed E-state index contributed by atoms with van der Waals surface area (Å²) < 4.78 is 7.29. The number of aryl methyl sites for hydroxylation is 1. The molecule has 0 spiro atoms. The normalized spacial score (nSPS) is 17.7. The average molecular weight is 375 g/mol. The predicted octanol–water partition coefficient (Wildman–Crippen LogP) is 4.16. The molecule has 25 heavy (non-hydrogen) atoms. The highest BCUT2D eigenvalue weighted by atomic mass is 35.5. The lowest BCUT2D eigenvalue weighted by Gasteiger charge is -2.14. The smallest absolute Gasteiger partial charge is 0.258 e. The van der Waals surface area contributed by atoms with E-state index < -0.39 is 5.92 Å². The van der Waals surface area contributed by atoms with E-state index in [-0.39, 0.29) is 11.5 Å². The minimum absolute atomic E-state index is 0.0292. The molecule has 0 amide bonds. The molecule has 126 valence electrons. The molecule has 2 heterocycles. The molecule has 0 saturated carbocycles. The molecule has 7 heteroatoms. The van der Waals surface area contributed by atoms with E-state index in [0.717, 1.165) is 10.9 Å². The minimum Gasteiger partial charge on any atom is -0.438 e. The van der Waals surface area contributed by atoms with E-state index in [0.29, 0.717) is 26.9 Å². The van der Waals surface area contributed by atoms with Gasteiger partial charge in [0, 0.05) is 28.0 Å². The van der Waals surface area contributed by atoms with E-state index in [1.54, 1.807) is 25.2 Å². The van der Waals surface area contributed by atoms with Gasteiger partial charge in [0.2, 0.25) is 5.90 Å². The molecule has 0 fully saturated rings. The molecule has 0 saturated heterocycles. The summed E-state index contributed by atoms with van der Waals surface area (Å²) in [5.74, 6) is -0.435. The van der Waals surface area contributed by atoms with E-state index >= 15 is 0 Å². The molecule has 5 nitrogen and oxygen atoms in total. The monoisotopic (exact) mass is 374 g/mol. The maximum absolute atomic E-state index is 13.0. The molecular weight excluding hydrogens is 363 g/mol. The molecule has 1 unspecified atom stereocenters. The van der Waals surface area contributed by atoms with Crippen LogP contribution in [0.3, 0.4) is 0 Å². The van der Waals surface area contributed by atoms with Crippen molar-refractivity contribution in [3.8, 4) is 5.75 Å². The molecule has 4 rings (SSSR count). The van der Waals surface area contributed by atoms with Gasteiger partial charge in [-0.25, -0.2) is 0 Å². The molecule has 3 aromatic rings. The largest absolute Gasteiger partial charge is 0.438 e. The van der Waals surface area contributed by atoms with Crippen molar-refractivity contribution >= 4 is 40.0 Å². The van der Waals surface area contributed by atoms with E-state index in [1.165, 1.54) is 4.57 Å². The SMILES string of the molecule is Cn1c(=O)c2c(c3ccccc31)O/C(=N/O)C2c1c(Cl)cccc1Cl. The molecule has 1 N–H and O–H groups in total. The third kappa shape index (κ3) is 2.23. The molecule has 0 bridgehead atoms. The number of para-hydroxylation sites is 1. The lowest BCUT2D eigenvalue weighted by atomic mass is 9.92. The number of pyridine rings is 1. The Morgan fingerprint density at radius 1 is 1.08 bits per heavy atom. The van der Waals surface area contributed by atoms with Gasteiger partial charge in [0.15, 0.2) is 0 Å². The van der Waals surface area contributed by atoms with Crippen molar-refractivity contribution in [2.24, 2.45) is 12.2 Å². The van der Waals surface area contributed by atoms with Crippen molar-refractivity contribution in [3.63, 3.8) is 0 Å². The standard InChI is InChI=1S/C18H12Cl2N2O3/c1-22-12-8-3-2-5-9(12)16-15(18(22)23)14(17(21-24)25-16)13-10(19)6-4-7-11(13)20/h2-8,14,24H,1H3/b21-17+. The van der Waals surface area contributed by atoms with Crippen LogP contribution in [0, 0.1) is 0 Å². The number of nitrogens with zero attached hydrogens (tertiary/aromatic N) is 2. The summed E-state index contributed by atoms with van der Waals surface area (Å²) in [5.41, 5.74) is 1.29. The third-order valence-electron chi connectivity index (χ3n) is 4.42. The highest BCUT2D eigenvalue weighted by molar-refractivity contribution is 6.36. The molecule has 1 aliphatic rings. The maximum atomic E-state index is 13.0. The van der Waals surface area contributed by atoms with Gasteiger partial charge < -0.3 is 14.5 Å². The summed E-state index contributed by atoms with van der Waals surface area (Å²) in [5, 5.41) is 14.2. The Morgan fingerprint density at radius 2 is 1.76 bits per heavy atom. The second kappa shape index (κ2) is 5.79. The van der Waals surface area contributed by atoms with Crippen LogP contribution in [-0.2, 0) is 7.05 Å². The van der Waals surface area contributed by atoms with Crippen LogP contribution in [0.1, 0.15) is 17.0 Å². The van der Waals surface area contributed by atoms with E-state index in [9.17, 15) is 10.0 Å². The van der Waals surface area contributed by atoms with Crippen molar-refractivity contribution in [1.29, 1.82) is 0 Å². The van der Waals surface area contributed by atoms with Gasteiger partial charge in [0.1, 0.15) is 11.7 Å². The summed E-state index contributed by atoms with van der Waals surface area (Å²) >= 11 is 12.6. The quantitative estimate of drug-likeness (QED) is 0.513. The van der Waals surface area contributed by atoms with Crippen LogP contribution in [0.15, 0.2) is 52.4 Å². The highest BCUT2D eigenvalue weighted by Gasteiger charge is 2.40. The van der Waals surface area contributed by atoms with Gasteiger partial charge in [0.05, 0.1) is 11.1 Å². The first-order valence-corrected chi connectivity index (χ1v) is 8.25. The average Bonchev–Trinajstić information content (AvgIpc) is 2.99. The summed E-state index contributed by atoms with van der Waals surface area (Å²) in [6.45, 7) is 0. The Morgan fingerprint density at radius 3 is 2.44 bits per heavy atom. The van der Waals surface area contributed by atoms with E-state index in [1.807, 2.05) is 24.3 Å². The van der Waals surface area contributed by atoms with Crippen molar-refractivity contribution in [3.05, 3.63) is 74.0 Å². The first kappa shape index (κ1) is 16.0. The Labute approximate surface area is 152 Å². The van der Waals surface area contributed by atoms with Crippen LogP contribution < -0.4 is 10.3 Å². The van der Waals surface area contributed by atoms with Crippen molar-refractivity contribution in [1.82, 2.24) is 4.57 Å². The number of oxime groups is 1. The molecule has 0 aliphatic carbocycles. The van der Waals surface area contributed by atoms with Gasteiger partial charge in [-0.3, -0.25) is 4.79 Å². The number of fused-ring (bicyclic) bond motifs is 3. The lowest BCUT2D eigenvalue weighted by Crippen LogP contribution is -2.24. The zero-order valence-electron chi connectivity index (χ0n) is 13.0. The number of hydrogen-bond donors (Lipinski definition) is 1. The van der Waals surface area contributed by atoms with Crippen LogP contribution >= 0.6 is 23.2 Å². The van der Waals surface area contributed by atoms with Gasteiger partial charge in [-0.2, -0.15) is 0 Å². The number of aromatic nitrogens is 1. The Kier molecular flexibility index (Phi) is 3.71. The summed E-state index contributed by atoms with van der Waals surface area (Å²) in [4.78, 5) is 13.0. The van der Waals surface area contributed by atoms with Crippen LogP contribution in [-0.4, -0.2) is 15.7 Å². The highest BCUT2D eigenvalue weighted by Crippen LogP contribution is 2.45. The minimum atomic E-state index is -0.774. The molecular formula is C18H12Cl2N2O3. The van der Waals surface area contributed by atoms with Crippen LogP contribution in [0.5, 0.6) is 5.75 Å². The number of benzene rings is 2. The molecule has 0 radical (unpaired) electrons. The van der Waals surface area contributed by atoms with Gasteiger partial charge in [-0.15, -0.1) is 0 Å². The fraction of sp³-hybridized carbons (Fsp3) is 0.111. The first-order chi connectivity index (χ1) is 12.0. The van der Waals surface area contributed by atoms with E-state index in [2.05, 4.69) is 5.16 Å². The summed E-state index contributed by atoms with van der Waals surface area (Å²) in [6.07, 6.45) is 0. The molecule has 1 aromatic heterocycles. The predicted molar refractivity (Wildman–Crippen MR) is 97.3 cm³/mol. The number of hydrogen-bond acceptors (Lipinski definition) is 4. The van der Waals surface area contributed by atoms with Crippen molar-refractivity contribution in [2.75, 3.05) is 0 Å². The lowest BCUT2D eigenvalue weighted by molar-refractivity contribution is 0.303. The van der Waals surface area contributed by atoms with E-state index in [4.69, 9.17) is 27.9 Å². The molecule has 2 aromatic carbocycles. The van der Waals surface area contributed by atoms with Crippen molar-refractivity contribution < 1.29 is 9.94 Å². The zero-order valence-corrected chi connectivity index (χ0v) is 14.5. The Hall–Kier alpha value is -2.50. The fourth-order valence-electron chi connectivity index (χ4n) is 3.27. The van der Waals surface area contributed by atoms with Gasteiger partial charge in [-0.05, 0) is 24.3 Å². The maximum Gasteiger partial charge on any atom is 0.258 e. The first-order valence-electron chi connectivity index (χ1n) is 7.50. The van der Waals surface area contributed by atoms with Crippen LogP contribution in [0.4, 0.5) is 0 Å². The Balaban J connectivity index is 2.13. The number of halogens is 2. The van der Waals surface area contributed by atoms with Gasteiger partial charge in [0.25, 0.3) is 5.56 Å². The van der Waals surface area contributed by atoms with Crippen molar-refractivity contribution in [2.45, 2.75) is 5.92 Å². The topological polar surface area (TPSA) is 63.8 Å². The molecule has 1 aliphatic heterocycles. The summed E-state index contributed by atoms with van der Waals surface area (Å²) in [6, 6.07) is 12.4. The fourth-order valence-corrected chi connectivity index (χ4v) is 3.89.